The van der Waals surface area contributed by atoms with Crippen LogP contribution in [0.1, 0.15) is 5.56 Å². The fourth-order valence-electron chi connectivity index (χ4n) is 1.05. The van der Waals surface area contributed by atoms with E-state index in [4.69, 9.17) is 31.9 Å². The lowest BCUT2D eigenvalue weighted by molar-refractivity contribution is -0.140. The fraction of sp³-hybridized carbons (Fsp3) is 0.333. The maximum absolute atomic E-state index is 10.4. The number of phenolic OH excluding ortho intramolecular Hbond substituents is 1. The second-order valence-corrected chi connectivity index (χ2v) is 3.94. The largest absolute Gasteiger partial charge is 0.508 e. The first-order valence-corrected chi connectivity index (χ1v) is 5.63. The Morgan fingerprint density at radius 3 is 1.75 bits per heavy atom. The second kappa shape index (κ2) is 8.86. The lowest BCUT2D eigenvalue weighted by Gasteiger charge is -2.05. The molecular formula is C12H18N2O6. The van der Waals surface area contributed by atoms with E-state index >= 15 is 0 Å². The van der Waals surface area contributed by atoms with Crippen LogP contribution in [-0.4, -0.2) is 51.1 Å². The molecule has 1 aromatic carbocycles. The maximum Gasteiger partial charge on any atom is 0.322 e. The highest BCUT2D eigenvalue weighted by molar-refractivity contribution is 5.73. The molecule has 0 aliphatic carbocycles. The summed E-state index contributed by atoms with van der Waals surface area (Å²) >= 11 is 0. The van der Waals surface area contributed by atoms with Crippen LogP contribution in [0.2, 0.25) is 0 Å². The highest BCUT2D eigenvalue weighted by Crippen LogP contribution is 2.10. The van der Waals surface area contributed by atoms with E-state index in [0.29, 0.717) is 0 Å². The van der Waals surface area contributed by atoms with E-state index < -0.39 is 30.6 Å². The van der Waals surface area contributed by atoms with E-state index in [1.807, 2.05) is 0 Å². The van der Waals surface area contributed by atoms with Crippen molar-refractivity contribution in [3.8, 4) is 5.75 Å². The standard InChI is InChI=1S/C9H11NO3.C3H7NO3/c10-8(9(12)13)5-6-1-3-7(11)4-2-6;4-2(1-5)3(6)7/h1-4,8,11H,5,10H2,(H,12,13);2,5H,1,4H2,(H,6,7)/t8-;2-/m00/s1. The molecule has 2 atom stereocenters. The highest BCUT2D eigenvalue weighted by atomic mass is 16.4. The van der Waals surface area contributed by atoms with Gasteiger partial charge in [-0.3, -0.25) is 9.59 Å². The van der Waals surface area contributed by atoms with Crippen LogP contribution in [0.25, 0.3) is 0 Å². The van der Waals surface area contributed by atoms with Crippen LogP contribution >= 0.6 is 0 Å². The van der Waals surface area contributed by atoms with E-state index in [1.54, 1.807) is 12.1 Å². The van der Waals surface area contributed by atoms with Crippen LogP contribution in [0.15, 0.2) is 24.3 Å². The first-order valence-electron chi connectivity index (χ1n) is 5.63. The number of hydrogen-bond acceptors (Lipinski definition) is 6. The Hall–Kier alpha value is -2.16. The summed E-state index contributed by atoms with van der Waals surface area (Å²) in [6, 6.07) is 4.30. The molecule has 1 aromatic rings. The number of aliphatic carboxylic acids is 2. The van der Waals surface area contributed by atoms with Crippen molar-refractivity contribution in [3.63, 3.8) is 0 Å². The van der Waals surface area contributed by atoms with E-state index in [9.17, 15) is 9.59 Å². The Morgan fingerprint density at radius 2 is 1.45 bits per heavy atom. The number of nitrogens with two attached hydrogens (primary N) is 2. The van der Waals surface area contributed by atoms with Gasteiger partial charge in [-0.15, -0.1) is 0 Å². The molecule has 0 bridgehead atoms. The first-order chi connectivity index (χ1) is 9.27. The van der Waals surface area contributed by atoms with Crippen molar-refractivity contribution in [3.05, 3.63) is 29.8 Å². The second-order valence-electron chi connectivity index (χ2n) is 3.94. The van der Waals surface area contributed by atoms with Crippen LogP contribution < -0.4 is 11.5 Å². The number of aliphatic hydroxyl groups excluding tert-OH is 1. The number of phenols is 1. The number of aromatic hydroxyl groups is 1. The number of hydrogen-bond donors (Lipinski definition) is 6. The molecule has 0 spiro atoms. The van der Waals surface area contributed by atoms with Gasteiger partial charge in [-0.25, -0.2) is 0 Å². The molecule has 0 aliphatic heterocycles. The Labute approximate surface area is 115 Å². The summed E-state index contributed by atoms with van der Waals surface area (Å²) in [6.07, 6.45) is 0.273. The monoisotopic (exact) mass is 286 g/mol. The molecule has 0 amide bonds. The Morgan fingerprint density at radius 1 is 1.00 bits per heavy atom. The zero-order chi connectivity index (χ0) is 15.7. The molecule has 0 fully saturated rings. The Bertz CT molecular complexity index is 434. The SMILES string of the molecule is N[C@@H](CO)C(=O)O.N[C@@H](Cc1ccc(O)cc1)C(=O)O. The average molecular weight is 286 g/mol. The lowest BCUT2D eigenvalue weighted by Crippen LogP contribution is -2.33. The van der Waals surface area contributed by atoms with Crippen molar-refractivity contribution in [2.45, 2.75) is 18.5 Å². The van der Waals surface area contributed by atoms with Gasteiger partial charge in [-0.1, -0.05) is 12.1 Å². The zero-order valence-corrected chi connectivity index (χ0v) is 10.6. The van der Waals surface area contributed by atoms with Gasteiger partial charge in [-0.2, -0.15) is 0 Å². The number of carboxylic acid groups (broad SMARTS) is 2. The average Bonchev–Trinajstić information content (AvgIpc) is 2.40. The summed E-state index contributed by atoms with van der Waals surface area (Å²) in [5.41, 5.74) is 10.9. The zero-order valence-electron chi connectivity index (χ0n) is 10.6. The molecule has 0 radical (unpaired) electrons. The van der Waals surface area contributed by atoms with Gasteiger partial charge >= 0.3 is 11.9 Å². The molecule has 0 saturated carbocycles. The first kappa shape index (κ1) is 17.8. The third-order valence-corrected chi connectivity index (χ3v) is 2.22. The summed E-state index contributed by atoms with van der Waals surface area (Å²) in [6.45, 7) is -0.505. The van der Waals surface area contributed by atoms with Crippen molar-refractivity contribution in [1.29, 1.82) is 0 Å². The molecule has 0 unspecified atom stereocenters. The number of benzene rings is 1. The van der Waals surface area contributed by atoms with Gasteiger partial charge < -0.3 is 31.9 Å². The van der Waals surface area contributed by atoms with Gasteiger partial charge in [0, 0.05) is 0 Å². The summed E-state index contributed by atoms with van der Waals surface area (Å²) < 4.78 is 0. The van der Waals surface area contributed by atoms with E-state index in [-0.39, 0.29) is 12.2 Å². The molecule has 1 rings (SSSR count). The number of aliphatic hydroxyl groups is 1. The minimum atomic E-state index is -1.18. The van der Waals surface area contributed by atoms with Gasteiger partial charge in [0.15, 0.2) is 0 Å². The third-order valence-electron chi connectivity index (χ3n) is 2.22. The highest BCUT2D eigenvalue weighted by Gasteiger charge is 2.11. The quantitative estimate of drug-likeness (QED) is 0.390. The lowest BCUT2D eigenvalue weighted by atomic mass is 10.1. The predicted octanol–water partition coefficient (Wildman–Crippen LogP) is -1.26. The molecular weight excluding hydrogens is 268 g/mol. The van der Waals surface area contributed by atoms with Crippen molar-refractivity contribution in [2.24, 2.45) is 11.5 Å². The Balaban J connectivity index is 0.000000441. The summed E-state index contributed by atoms with van der Waals surface area (Å²) in [5, 5.41) is 33.4. The van der Waals surface area contributed by atoms with Crippen LogP contribution in [0, 0.1) is 0 Å². The molecule has 0 heterocycles. The van der Waals surface area contributed by atoms with Gasteiger partial charge in [0.25, 0.3) is 0 Å². The number of carbonyl (C=O) groups is 2. The Kier molecular flexibility index (Phi) is 7.90. The fourth-order valence-corrected chi connectivity index (χ4v) is 1.05. The van der Waals surface area contributed by atoms with Crippen LogP contribution in [0.3, 0.4) is 0 Å². The normalized spacial score (nSPS) is 12.8. The summed E-state index contributed by atoms with van der Waals surface area (Å²) in [7, 11) is 0. The van der Waals surface area contributed by atoms with E-state index in [0.717, 1.165) is 5.56 Å². The van der Waals surface area contributed by atoms with Crippen LogP contribution in [-0.2, 0) is 16.0 Å². The molecule has 112 valence electrons. The number of rotatable bonds is 5. The topological polar surface area (TPSA) is 167 Å². The van der Waals surface area contributed by atoms with Gasteiger partial charge in [0.1, 0.15) is 17.8 Å². The minimum Gasteiger partial charge on any atom is -0.508 e. The molecule has 8 N–H and O–H groups in total. The van der Waals surface area contributed by atoms with E-state index in [1.165, 1.54) is 12.1 Å². The molecule has 0 aromatic heterocycles. The predicted molar refractivity (Wildman–Crippen MR) is 70.1 cm³/mol. The minimum absolute atomic E-state index is 0.160. The van der Waals surface area contributed by atoms with Gasteiger partial charge in [0.05, 0.1) is 6.61 Å². The molecule has 8 heteroatoms. The molecule has 0 saturated heterocycles. The van der Waals surface area contributed by atoms with Gasteiger partial charge in [0.2, 0.25) is 0 Å². The maximum atomic E-state index is 10.4. The molecule has 0 aliphatic rings. The van der Waals surface area contributed by atoms with Crippen LogP contribution in [0.5, 0.6) is 5.75 Å². The van der Waals surface area contributed by atoms with Gasteiger partial charge in [-0.05, 0) is 24.1 Å². The smallest absolute Gasteiger partial charge is 0.322 e. The number of carboxylic acids is 2. The van der Waals surface area contributed by atoms with Crippen LogP contribution in [0.4, 0.5) is 0 Å². The molecule has 20 heavy (non-hydrogen) atoms. The van der Waals surface area contributed by atoms with E-state index in [2.05, 4.69) is 0 Å². The van der Waals surface area contributed by atoms with Crippen molar-refractivity contribution < 1.29 is 30.0 Å². The third kappa shape index (κ3) is 7.31. The summed E-state index contributed by atoms with van der Waals surface area (Å²) in [4.78, 5) is 20.0. The summed E-state index contributed by atoms with van der Waals surface area (Å²) in [5.74, 6) is -2.04. The van der Waals surface area contributed by atoms with Crippen molar-refractivity contribution in [1.82, 2.24) is 0 Å². The van der Waals surface area contributed by atoms with Crippen molar-refractivity contribution in [2.75, 3.05) is 6.61 Å². The van der Waals surface area contributed by atoms with Crippen molar-refractivity contribution >= 4 is 11.9 Å². The molecule has 8 nitrogen and oxygen atoms in total.